The van der Waals surface area contributed by atoms with E-state index in [4.69, 9.17) is 0 Å². The summed E-state index contributed by atoms with van der Waals surface area (Å²) in [5, 5.41) is 0. The molecule has 18 heavy (non-hydrogen) atoms. The molecule has 0 aromatic carbocycles. The fourth-order valence-corrected chi connectivity index (χ4v) is 1.60. The largest absolute Gasteiger partial charge is 1.00 e. The second kappa shape index (κ2) is 13.3. The van der Waals surface area contributed by atoms with Crippen LogP contribution >= 0.6 is 0 Å². The van der Waals surface area contributed by atoms with Crippen molar-refractivity contribution in [2.24, 2.45) is 0 Å². The third-order valence-corrected chi connectivity index (χ3v) is 1.89. The highest BCUT2D eigenvalue weighted by atomic mass is 79.9. The Morgan fingerprint density at radius 3 is 0.833 bits per heavy atom. The highest BCUT2D eigenvalue weighted by molar-refractivity contribution is 6.35. The van der Waals surface area contributed by atoms with Crippen LogP contribution in [0.5, 0.6) is 0 Å². The molecule has 114 valence electrons. The zero-order chi connectivity index (χ0) is 11.5. The zero-order valence-electron chi connectivity index (χ0n) is 12.5. The first-order valence-corrected chi connectivity index (χ1v) is 4.72. The molecular weight excluding hydrogens is 368 g/mol. The topological polar surface area (TPSA) is 75.5 Å². The maximum atomic E-state index is 2.12. The second-order valence-electron chi connectivity index (χ2n) is 4.22. The van der Waals surface area contributed by atoms with Crippen molar-refractivity contribution in [3.8, 4) is 0 Å². The smallest absolute Gasteiger partial charge is 0.361 e. The van der Waals surface area contributed by atoms with Gasteiger partial charge in [-0.3, -0.25) is 19.0 Å². The Morgan fingerprint density at radius 1 is 0.611 bits per heavy atom. The number of amidine groups is 2. The van der Waals surface area contributed by atoms with Crippen LogP contribution in [0.4, 0.5) is 0 Å². The van der Waals surface area contributed by atoms with E-state index in [-0.39, 0.29) is 44.9 Å². The molecule has 0 aliphatic rings. The number of hydrogen-bond acceptors (Lipinski definition) is 0. The van der Waals surface area contributed by atoms with Gasteiger partial charge in [0.1, 0.15) is 0 Å². The van der Waals surface area contributed by atoms with Crippen molar-refractivity contribution in [2.75, 3.05) is 56.4 Å². The van der Waals surface area contributed by atoms with E-state index in [1.807, 2.05) is 0 Å². The summed E-state index contributed by atoms with van der Waals surface area (Å²) in [7, 11) is 16.5. The van der Waals surface area contributed by atoms with E-state index in [0.717, 1.165) is 0 Å². The molecule has 0 aliphatic heterocycles. The van der Waals surface area contributed by atoms with Crippen LogP contribution in [0.2, 0.25) is 0 Å². The molecule has 0 aromatic heterocycles. The van der Waals surface area contributed by atoms with Gasteiger partial charge in [0.05, 0.1) is 56.4 Å². The van der Waals surface area contributed by atoms with E-state index in [0.29, 0.717) is 0 Å². The normalized spacial score (nSPS) is 7.33. The van der Waals surface area contributed by atoms with Gasteiger partial charge in [0.25, 0.3) is 0 Å². The zero-order valence-corrected chi connectivity index (χ0v) is 15.7. The van der Waals surface area contributed by atoms with Crippen LogP contribution in [-0.4, -0.2) is 98.0 Å². The molecule has 0 fully saturated rings. The van der Waals surface area contributed by atoms with Crippen LogP contribution in [0.1, 0.15) is 0 Å². The minimum Gasteiger partial charge on any atom is -1.00 e. The fourth-order valence-electron chi connectivity index (χ4n) is 1.60. The summed E-state index contributed by atoms with van der Waals surface area (Å²) in [6.07, 6.45) is 0. The number of hydrogen-bond donors (Lipinski definition) is 0. The molecule has 0 bridgehead atoms. The molecule has 0 amide bonds. The maximum absolute atomic E-state index is 2.12. The molecule has 0 unspecified atom stereocenters. The SMILES string of the molecule is CN(C)C(C(N(C)C)=[N+](C)C)=[N+](C)C.O.O.[Br-].[Br-]. The fraction of sp³-hybridized carbons (Fsp3) is 0.800. The average Bonchev–Trinajstić information content (AvgIpc) is 1.96. The van der Waals surface area contributed by atoms with Gasteiger partial charge in [-0.2, -0.15) is 0 Å². The standard InChI is InChI=1S/C10H24N4.2BrH.2H2O/c1-11(2)9(12(3)4)10(13(5)6)14(7)8;;;;/h1-8H3;2*1H;2*1H2/q+2;;;;/p-2. The third-order valence-electron chi connectivity index (χ3n) is 1.89. The number of rotatable bonds is 0. The van der Waals surface area contributed by atoms with Gasteiger partial charge in [-0.15, -0.1) is 0 Å². The molecule has 6 nitrogen and oxygen atoms in total. The van der Waals surface area contributed by atoms with Crippen molar-refractivity contribution in [2.45, 2.75) is 0 Å². The summed E-state index contributed by atoms with van der Waals surface area (Å²) in [6, 6.07) is 0. The summed E-state index contributed by atoms with van der Waals surface area (Å²) >= 11 is 0. The Bertz CT molecular complexity index is 243. The van der Waals surface area contributed by atoms with Crippen molar-refractivity contribution >= 4 is 11.7 Å². The first-order valence-electron chi connectivity index (χ1n) is 4.72. The summed E-state index contributed by atoms with van der Waals surface area (Å²) in [5.41, 5.74) is 0. The van der Waals surface area contributed by atoms with E-state index >= 15 is 0 Å². The van der Waals surface area contributed by atoms with Gasteiger partial charge in [0.15, 0.2) is 0 Å². The summed E-state index contributed by atoms with van der Waals surface area (Å²) in [4.78, 5) is 4.24. The van der Waals surface area contributed by atoms with Crippen molar-refractivity contribution in [3.05, 3.63) is 0 Å². The molecule has 4 N–H and O–H groups in total. The van der Waals surface area contributed by atoms with E-state index in [9.17, 15) is 0 Å². The number of halogens is 2. The molecule has 0 spiro atoms. The lowest BCUT2D eigenvalue weighted by Crippen LogP contribution is -3.00. The first kappa shape index (κ1) is 30.7. The Labute approximate surface area is 132 Å². The molecule has 0 heterocycles. The van der Waals surface area contributed by atoms with E-state index in [1.165, 1.54) is 11.7 Å². The van der Waals surface area contributed by atoms with Crippen LogP contribution in [0.3, 0.4) is 0 Å². The second-order valence-corrected chi connectivity index (χ2v) is 4.22. The quantitative estimate of drug-likeness (QED) is 0.232. The molecule has 0 radical (unpaired) electrons. The molecule has 0 aliphatic carbocycles. The average molecular weight is 396 g/mol. The predicted molar refractivity (Wildman–Crippen MR) is 68.8 cm³/mol. The Kier molecular flexibility index (Phi) is 22.6. The molecule has 0 saturated carbocycles. The lowest BCUT2D eigenvalue weighted by atomic mass is 10.4. The summed E-state index contributed by atoms with van der Waals surface area (Å²) in [5.74, 6) is 2.39. The van der Waals surface area contributed by atoms with Gasteiger partial charge in [0, 0.05) is 0 Å². The Balaban J connectivity index is -0.000000141. The lowest BCUT2D eigenvalue weighted by molar-refractivity contribution is -0.485. The molecule has 0 atom stereocenters. The Hall–Kier alpha value is -0.180. The van der Waals surface area contributed by atoms with E-state index in [2.05, 4.69) is 75.3 Å². The molecular formula is C10H28Br2N4O2. The van der Waals surface area contributed by atoms with Gasteiger partial charge in [-0.1, -0.05) is 0 Å². The molecule has 0 saturated heterocycles. The van der Waals surface area contributed by atoms with Crippen molar-refractivity contribution in [1.29, 1.82) is 0 Å². The van der Waals surface area contributed by atoms with E-state index < -0.39 is 0 Å². The van der Waals surface area contributed by atoms with Crippen LogP contribution in [-0.2, 0) is 0 Å². The number of likely N-dealkylation sites (N-methyl/N-ethyl adjacent to an activating group) is 2. The number of nitrogens with zero attached hydrogens (tertiary/aromatic N) is 4. The van der Waals surface area contributed by atoms with Gasteiger partial charge < -0.3 is 44.9 Å². The monoisotopic (exact) mass is 394 g/mol. The molecule has 0 aromatic rings. The van der Waals surface area contributed by atoms with Crippen molar-refractivity contribution in [1.82, 2.24) is 9.80 Å². The predicted octanol–water partition coefficient (Wildman–Crippen LogP) is -8.19. The minimum absolute atomic E-state index is 0. The van der Waals surface area contributed by atoms with Gasteiger partial charge >= 0.3 is 11.7 Å². The highest BCUT2D eigenvalue weighted by Gasteiger charge is 2.29. The minimum atomic E-state index is 0. The third kappa shape index (κ3) is 8.84. The van der Waals surface area contributed by atoms with Crippen LogP contribution in [0, 0.1) is 0 Å². The first-order chi connectivity index (χ1) is 6.29. The summed E-state index contributed by atoms with van der Waals surface area (Å²) in [6.45, 7) is 0. The summed E-state index contributed by atoms with van der Waals surface area (Å²) < 4.78 is 4.24. The van der Waals surface area contributed by atoms with Crippen molar-refractivity contribution in [3.63, 3.8) is 0 Å². The van der Waals surface area contributed by atoms with Crippen molar-refractivity contribution < 1.29 is 54.1 Å². The lowest BCUT2D eigenvalue weighted by Gasteiger charge is -2.15. The maximum Gasteiger partial charge on any atom is 0.361 e. The van der Waals surface area contributed by atoms with Gasteiger partial charge in [0.2, 0.25) is 0 Å². The van der Waals surface area contributed by atoms with E-state index in [1.54, 1.807) is 0 Å². The van der Waals surface area contributed by atoms with Crippen LogP contribution in [0.25, 0.3) is 0 Å². The molecule has 0 rings (SSSR count). The van der Waals surface area contributed by atoms with Crippen LogP contribution in [0.15, 0.2) is 0 Å². The highest BCUT2D eigenvalue weighted by Crippen LogP contribution is 1.91. The van der Waals surface area contributed by atoms with Gasteiger partial charge in [-0.05, 0) is 0 Å². The van der Waals surface area contributed by atoms with Crippen LogP contribution < -0.4 is 34.0 Å². The molecule has 8 heteroatoms. The van der Waals surface area contributed by atoms with Gasteiger partial charge in [-0.25, -0.2) is 0 Å². The Morgan fingerprint density at radius 2 is 0.778 bits per heavy atom.